The van der Waals surface area contributed by atoms with Crippen LogP contribution in [0.15, 0.2) is 91.0 Å². The van der Waals surface area contributed by atoms with Gasteiger partial charge in [-0.05, 0) is 65.6 Å². The molecule has 0 aliphatic carbocycles. The lowest BCUT2D eigenvalue weighted by Crippen LogP contribution is -2.30. The summed E-state index contributed by atoms with van der Waals surface area (Å²) in [7, 11) is 0. The molecule has 6 heteroatoms. The van der Waals surface area contributed by atoms with Crippen molar-refractivity contribution in [3.8, 4) is 0 Å². The fourth-order valence-corrected chi connectivity index (χ4v) is 4.57. The van der Waals surface area contributed by atoms with Crippen molar-refractivity contribution in [2.45, 2.75) is 13.0 Å². The summed E-state index contributed by atoms with van der Waals surface area (Å²) >= 11 is 12.2. The summed E-state index contributed by atoms with van der Waals surface area (Å²) in [6.07, 6.45) is 0.785. The molecule has 2 amide bonds. The first-order valence-electron chi connectivity index (χ1n) is 10.8. The van der Waals surface area contributed by atoms with E-state index in [0.717, 1.165) is 23.2 Å². The van der Waals surface area contributed by atoms with Crippen molar-refractivity contribution in [2.24, 2.45) is 0 Å². The first-order valence-corrected chi connectivity index (χ1v) is 11.6. The van der Waals surface area contributed by atoms with Gasteiger partial charge in [-0.3, -0.25) is 9.59 Å². The zero-order valence-electron chi connectivity index (χ0n) is 18.1. The van der Waals surface area contributed by atoms with Crippen molar-refractivity contribution in [3.05, 3.63) is 129 Å². The van der Waals surface area contributed by atoms with Crippen molar-refractivity contribution in [3.63, 3.8) is 0 Å². The molecule has 0 bridgehead atoms. The highest BCUT2D eigenvalue weighted by atomic mass is 35.5. The van der Waals surface area contributed by atoms with Crippen molar-refractivity contribution in [1.29, 1.82) is 0 Å². The Morgan fingerprint density at radius 3 is 2.18 bits per heavy atom. The predicted octanol–water partition coefficient (Wildman–Crippen LogP) is 7.00. The predicted molar refractivity (Wildman–Crippen MR) is 137 cm³/mol. The maximum atomic E-state index is 13.6. The second-order valence-electron chi connectivity index (χ2n) is 8.10. The number of hydrogen-bond donors (Lipinski definition) is 1. The summed E-state index contributed by atoms with van der Waals surface area (Å²) in [5, 5.41) is 3.32. The van der Waals surface area contributed by atoms with Gasteiger partial charge in [0, 0.05) is 16.9 Å². The molecule has 0 radical (unpaired) electrons. The lowest BCUT2D eigenvalue weighted by molar-refractivity contribution is 0.0984. The number of carbonyl (C=O) groups excluding carboxylic acids is 2. The van der Waals surface area contributed by atoms with E-state index in [9.17, 15) is 9.59 Å². The van der Waals surface area contributed by atoms with E-state index in [1.54, 1.807) is 42.5 Å². The highest BCUT2D eigenvalue weighted by Gasteiger charge is 2.24. The van der Waals surface area contributed by atoms with Crippen LogP contribution in [0.1, 0.15) is 37.4 Å². The summed E-state index contributed by atoms with van der Waals surface area (Å²) in [4.78, 5) is 28.0. The Balaban J connectivity index is 1.40. The molecular formula is C28H20Cl2N2O2. The maximum Gasteiger partial charge on any atom is 0.258 e. The fraction of sp³-hybridized carbons (Fsp3) is 0.0714. The topological polar surface area (TPSA) is 49.4 Å². The van der Waals surface area contributed by atoms with Crippen molar-refractivity contribution < 1.29 is 9.59 Å². The minimum Gasteiger partial charge on any atom is -0.322 e. The number of carbonyl (C=O) groups is 2. The highest BCUT2D eigenvalue weighted by Crippen LogP contribution is 2.32. The highest BCUT2D eigenvalue weighted by molar-refractivity contribution is 6.44. The van der Waals surface area contributed by atoms with E-state index >= 15 is 0 Å². The van der Waals surface area contributed by atoms with Gasteiger partial charge in [0.2, 0.25) is 0 Å². The molecule has 0 saturated carbocycles. The minimum atomic E-state index is -0.371. The molecule has 0 atom stereocenters. The van der Waals surface area contributed by atoms with Crippen LogP contribution in [0.3, 0.4) is 0 Å². The van der Waals surface area contributed by atoms with Crippen LogP contribution in [0, 0.1) is 0 Å². The van der Waals surface area contributed by atoms with Crippen molar-refractivity contribution >= 4 is 46.4 Å². The average Bonchev–Trinajstić information content (AvgIpc) is 3.02. The maximum absolute atomic E-state index is 13.6. The Morgan fingerprint density at radius 1 is 0.735 bits per heavy atom. The molecule has 4 aromatic rings. The van der Waals surface area contributed by atoms with E-state index in [1.165, 1.54) is 5.56 Å². The van der Waals surface area contributed by atoms with Crippen LogP contribution in [-0.2, 0) is 13.0 Å². The zero-order valence-corrected chi connectivity index (χ0v) is 19.6. The Hall–Kier alpha value is -3.60. The summed E-state index contributed by atoms with van der Waals surface area (Å²) in [6.45, 7) is 0.498. The number of amides is 2. The lowest BCUT2D eigenvalue weighted by atomic mass is 10.0. The number of nitrogens with zero attached hydrogens (tertiary/aromatic N) is 1. The smallest absolute Gasteiger partial charge is 0.258 e. The van der Waals surface area contributed by atoms with Crippen LogP contribution in [0.25, 0.3) is 0 Å². The molecular weight excluding hydrogens is 467 g/mol. The van der Waals surface area contributed by atoms with Crippen LogP contribution < -0.4 is 10.2 Å². The molecule has 1 aliphatic rings. The van der Waals surface area contributed by atoms with Crippen LogP contribution in [0.5, 0.6) is 0 Å². The van der Waals surface area contributed by atoms with Gasteiger partial charge >= 0.3 is 0 Å². The minimum absolute atomic E-state index is 0.0973. The van der Waals surface area contributed by atoms with Gasteiger partial charge in [0.15, 0.2) is 0 Å². The van der Waals surface area contributed by atoms with E-state index in [2.05, 4.69) is 23.5 Å². The first kappa shape index (κ1) is 22.2. The second-order valence-corrected chi connectivity index (χ2v) is 8.88. The number of fused-ring (bicyclic) bond motifs is 2. The van der Waals surface area contributed by atoms with Gasteiger partial charge in [-0.25, -0.2) is 0 Å². The normalized spacial score (nSPS) is 12.4. The number of nitrogens with one attached hydrogen (secondary N) is 1. The molecule has 0 aromatic heterocycles. The average molecular weight is 487 g/mol. The third kappa shape index (κ3) is 4.30. The second kappa shape index (κ2) is 9.34. The molecule has 1 heterocycles. The Kier molecular flexibility index (Phi) is 6.10. The summed E-state index contributed by atoms with van der Waals surface area (Å²) in [6, 6.07) is 28.0. The molecule has 0 saturated heterocycles. The molecule has 4 nitrogen and oxygen atoms in total. The molecule has 5 rings (SSSR count). The standard InChI is InChI=1S/C28H20Cl2N2O2/c29-24-10-5-9-23(26(24)30)27(33)31-22-14-12-18(13-15-22)28(34)32-17-21-8-2-1-6-19(21)16-20-7-3-4-11-25(20)32/h1-15H,16-17H2,(H,31,33). The van der Waals surface area contributed by atoms with Gasteiger partial charge in [-0.15, -0.1) is 0 Å². The monoisotopic (exact) mass is 486 g/mol. The Labute approximate surface area is 207 Å². The number of benzene rings is 4. The molecule has 0 spiro atoms. The summed E-state index contributed by atoms with van der Waals surface area (Å²) in [5.74, 6) is -0.468. The van der Waals surface area contributed by atoms with Crippen molar-refractivity contribution in [2.75, 3.05) is 10.2 Å². The molecule has 4 aromatic carbocycles. The van der Waals surface area contributed by atoms with E-state index in [4.69, 9.17) is 23.2 Å². The number of rotatable bonds is 3. The number of hydrogen-bond acceptors (Lipinski definition) is 2. The van der Waals surface area contributed by atoms with Gasteiger partial charge in [-0.2, -0.15) is 0 Å². The molecule has 1 N–H and O–H groups in total. The number of para-hydroxylation sites is 1. The fourth-order valence-electron chi connectivity index (χ4n) is 4.18. The van der Waals surface area contributed by atoms with E-state index < -0.39 is 0 Å². The largest absolute Gasteiger partial charge is 0.322 e. The van der Waals surface area contributed by atoms with Crippen LogP contribution in [0.4, 0.5) is 11.4 Å². The Morgan fingerprint density at radius 2 is 1.41 bits per heavy atom. The van der Waals surface area contributed by atoms with Crippen molar-refractivity contribution in [1.82, 2.24) is 0 Å². The van der Waals surface area contributed by atoms with E-state index in [0.29, 0.717) is 22.8 Å². The molecule has 0 fully saturated rings. The summed E-state index contributed by atoms with van der Waals surface area (Å²) < 4.78 is 0. The molecule has 1 aliphatic heterocycles. The molecule has 34 heavy (non-hydrogen) atoms. The van der Waals surface area contributed by atoms with E-state index in [-0.39, 0.29) is 22.4 Å². The van der Waals surface area contributed by atoms with Crippen LogP contribution >= 0.6 is 23.2 Å². The van der Waals surface area contributed by atoms with Gasteiger partial charge < -0.3 is 10.2 Å². The number of halogens is 2. The zero-order chi connectivity index (χ0) is 23.7. The summed E-state index contributed by atoms with van der Waals surface area (Å²) in [5.41, 5.74) is 5.76. The lowest BCUT2D eigenvalue weighted by Gasteiger charge is -2.23. The molecule has 0 unspecified atom stereocenters. The Bertz CT molecular complexity index is 1400. The van der Waals surface area contributed by atoms with Gasteiger partial charge in [0.25, 0.3) is 11.8 Å². The van der Waals surface area contributed by atoms with Gasteiger partial charge in [0.05, 0.1) is 22.2 Å². The third-order valence-corrected chi connectivity index (χ3v) is 6.76. The van der Waals surface area contributed by atoms with Gasteiger partial charge in [0.1, 0.15) is 0 Å². The van der Waals surface area contributed by atoms with E-state index in [1.807, 2.05) is 35.2 Å². The number of anilines is 2. The quantitative estimate of drug-likeness (QED) is 0.338. The van der Waals surface area contributed by atoms with Crippen LogP contribution in [0.2, 0.25) is 10.0 Å². The third-order valence-electron chi connectivity index (χ3n) is 5.94. The van der Waals surface area contributed by atoms with Gasteiger partial charge in [-0.1, -0.05) is 71.7 Å². The van der Waals surface area contributed by atoms with Crippen LogP contribution in [-0.4, -0.2) is 11.8 Å². The SMILES string of the molecule is O=C(Nc1ccc(C(=O)N2Cc3ccccc3Cc3ccccc32)cc1)c1cccc(Cl)c1Cl. The first-order chi connectivity index (χ1) is 16.5. The molecule has 168 valence electrons.